The third kappa shape index (κ3) is 3.38. The molecular formula is C9H14ClN. The van der Waals surface area contributed by atoms with Crippen LogP contribution in [0.25, 0.3) is 0 Å². The number of pyridine rings is 1. The van der Waals surface area contributed by atoms with E-state index in [1.807, 2.05) is 33.8 Å². The van der Waals surface area contributed by atoms with Crippen LogP contribution in [0.15, 0.2) is 12.3 Å². The van der Waals surface area contributed by atoms with Crippen molar-refractivity contribution in [3.63, 3.8) is 0 Å². The Balaban J connectivity index is 0.000000461. The summed E-state index contributed by atoms with van der Waals surface area (Å²) in [5.74, 6) is 0. The van der Waals surface area contributed by atoms with Crippen molar-refractivity contribution in [2.24, 2.45) is 0 Å². The van der Waals surface area contributed by atoms with Crippen LogP contribution >= 0.6 is 11.6 Å². The van der Waals surface area contributed by atoms with Crippen LogP contribution < -0.4 is 0 Å². The first kappa shape index (κ1) is 10.4. The Hall–Kier alpha value is -0.560. The van der Waals surface area contributed by atoms with Gasteiger partial charge in [-0.05, 0) is 25.0 Å². The van der Waals surface area contributed by atoms with E-state index in [2.05, 4.69) is 4.98 Å². The molecule has 0 spiro atoms. The van der Waals surface area contributed by atoms with Gasteiger partial charge in [-0.2, -0.15) is 0 Å². The molecule has 0 aliphatic heterocycles. The second kappa shape index (κ2) is 5.14. The lowest BCUT2D eigenvalue weighted by atomic mass is 10.2. The van der Waals surface area contributed by atoms with Gasteiger partial charge >= 0.3 is 0 Å². The Kier molecular flexibility index (Phi) is 4.88. The molecule has 11 heavy (non-hydrogen) atoms. The van der Waals surface area contributed by atoms with Gasteiger partial charge in [0.05, 0.1) is 0 Å². The molecule has 0 bridgehead atoms. The lowest BCUT2D eigenvalue weighted by molar-refractivity contribution is 1.22. The molecule has 0 aliphatic carbocycles. The van der Waals surface area contributed by atoms with Gasteiger partial charge in [0.15, 0.2) is 0 Å². The smallest absolute Gasteiger partial charge is 0.131 e. The minimum absolute atomic E-state index is 0.598. The average Bonchev–Trinajstić information content (AvgIpc) is 2.02. The van der Waals surface area contributed by atoms with Gasteiger partial charge in [-0.1, -0.05) is 31.5 Å². The lowest BCUT2D eigenvalue weighted by Gasteiger charge is -1.95. The topological polar surface area (TPSA) is 12.9 Å². The van der Waals surface area contributed by atoms with E-state index in [1.54, 1.807) is 6.20 Å². The summed E-state index contributed by atoms with van der Waals surface area (Å²) in [4.78, 5) is 3.94. The first-order valence-electron chi connectivity index (χ1n) is 3.79. The number of hydrogen-bond donors (Lipinski definition) is 0. The fraction of sp³-hybridized carbons (Fsp3) is 0.444. The average molecular weight is 172 g/mol. The highest BCUT2D eigenvalue weighted by Crippen LogP contribution is 2.11. The SMILES string of the molecule is CC.Cc1cnc(Cl)c(C)c1. The summed E-state index contributed by atoms with van der Waals surface area (Å²) in [5.41, 5.74) is 2.19. The van der Waals surface area contributed by atoms with Gasteiger partial charge in [-0.25, -0.2) is 4.98 Å². The zero-order chi connectivity index (χ0) is 8.85. The van der Waals surface area contributed by atoms with E-state index < -0.39 is 0 Å². The third-order valence-corrected chi connectivity index (χ3v) is 1.55. The van der Waals surface area contributed by atoms with Crippen molar-refractivity contribution < 1.29 is 0 Å². The Morgan fingerprint density at radius 1 is 1.27 bits per heavy atom. The van der Waals surface area contributed by atoms with Crippen molar-refractivity contribution in [3.8, 4) is 0 Å². The first-order valence-corrected chi connectivity index (χ1v) is 4.16. The fourth-order valence-electron chi connectivity index (χ4n) is 0.699. The fourth-order valence-corrected chi connectivity index (χ4v) is 0.802. The van der Waals surface area contributed by atoms with Crippen molar-refractivity contribution in [1.29, 1.82) is 0 Å². The zero-order valence-electron chi connectivity index (χ0n) is 7.48. The van der Waals surface area contributed by atoms with E-state index in [0.717, 1.165) is 11.1 Å². The van der Waals surface area contributed by atoms with E-state index in [9.17, 15) is 0 Å². The van der Waals surface area contributed by atoms with Crippen molar-refractivity contribution in [2.45, 2.75) is 27.7 Å². The van der Waals surface area contributed by atoms with Crippen LogP contribution in [0.5, 0.6) is 0 Å². The molecule has 0 fully saturated rings. The van der Waals surface area contributed by atoms with E-state index in [4.69, 9.17) is 11.6 Å². The van der Waals surface area contributed by atoms with Crippen molar-refractivity contribution in [2.75, 3.05) is 0 Å². The molecule has 0 aromatic carbocycles. The van der Waals surface area contributed by atoms with Crippen molar-refractivity contribution in [1.82, 2.24) is 4.98 Å². The second-order valence-corrected chi connectivity index (χ2v) is 2.48. The summed E-state index contributed by atoms with van der Waals surface area (Å²) < 4.78 is 0. The largest absolute Gasteiger partial charge is 0.244 e. The molecule has 0 unspecified atom stereocenters. The molecule has 1 rings (SSSR count). The van der Waals surface area contributed by atoms with Gasteiger partial charge in [0.25, 0.3) is 0 Å². The molecule has 0 saturated carbocycles. The number of rotatable bonds is 0. The van der Waals surface area contributed by atoms with E-state index in [-0.39, 0.29) is 0 Å². The maximum Gasteiger partial charge on any atom is 0.131 e. The Bertz CT molecular complexity index is 221. The maximum atomic E-state index is 5.67. The van der Waals surface area contributed by atoms with E-state index >= 15 is 0 Å². The summed E-state index contributed by atoms with van der Waals surface area (Å²) in [6.07, 6.45) is 1.76. The van der Waals surface area contributed by atoms with Crippen LogP contribution in [0.3, 0.4) is 0 Å². The van der Waals surface area contributed by atoms with Crippen LogP contribution in [-0.4, -0.2) is 4.98 Å². The lowest BCUT2D eigenvalue weighted by Crippen LogP contribution is -1.81. The Morgan fingerprint density at radius 3 is 2.18 bits per heavy atom. The second-order valence-electron chi connectivity index (χ2n) is 2.12. The monoisotopic (exact) mass is 171 g/mol. The number of nitrogens with zero attached hydrogens (tertiary/aromatic N) is 1. The van der Waals surface area contributed by atoms with E-state index in [0.29, 0.717) is 5.15 Å². The molecule has 0 saturated heterocycles. The number of aromatic nitrogens is 1. The van der Waals surface area contributed by atoms with Gasteiger partial charge in [0.2, 0.25) is 0 Å². The minimum atomic E-state index is 0.598. The summed E-state index contributed by atoms with van der Waals surface area (Å²) in [7, 11) is 0. The van der Waals surface area contributed by atoms with Crippen molar-refractivity contribution >= 4 is 11.6 Å². The Morgan fingerprint density at radius 2 is 1.82 bits per heavy atom. The molecule has 1 nitrogen and oxygen atoms in total. The number of halogens is 1. The molecule has 0 aliphatic rings. The predicted octanol–water partition coefficient (Wildman–Crippen LogP) is 3.38. The molecule has 0 amide bonds. The molecule has 1 heterocycles. The third-order valence-electron chi connectivity index (χ3n) is 1.15. The molecule has 0 radical (unpaired) electrons. The van der Waals surface area contributed by atoms with Crippen LogP contribution in [-0.2, 0) is 0 Å². The number of hydrogen-bond acceptors (Lipinski definition) is 1. The normalized spacial score (nSPS) is 8.45. The van der Waals surface area contributed by atoms with Crippen LogP contribution in [0, 0.1) is 13.8 Å². The van der Waals surface area contributed by atoms with Crippen LogP contribution in [0.1, 0.15) is 25.0 Å². The summed E-state index contributed by atoms with van der Waals surface area (Å²) in [5, 5.41) is 0.598. The van der Waals surface area contributed by atoms with Crippen LogP contribution in [0.4, 0.5) is 0 Å². The molecule has 1 aromatic rings. The molecule has 2 heteroatoms. The van der Waals surface area contributed by atoms with Gasteiger partial charge in [0.1, 0.15) is 5.15 Å². The van der Waals surface area contributed by atoms with Crippen molar-refractivity contribution in [3.05, 3.63) is 28.5 Å². The highest BCUT2D eigenvalue weighted by Gasteiger charge is 1.92. The molecular weight excluding hydrogens is 158 g/mol. The van der Waals surface area contributed by atoms with Gasteiger partial charge in [-0.15, -0.1) is 0 Å². The minimum Gasteiger partial charge on any atom is -0.244 e. The number of aryl methyl sites for hydroxylation is 2. The standard InChI is InChI=1S/C7H8ClN.C2H6/c1-5-3-6(2)7(8)9-4-5;1-2/h3-4H,1-2H3;1-2H3. The quantitative estimate of drug-likeness (QED) is 0.546. The molecule has 0 N–H and O–H groups in total. The van der Waals surface area contributed by atoms with Crippen LogP contribution in [0.2, 0.25) is 5.15 Å². The highest BCUT2D eigenvalue weighted by molar-refractivity contribution is 6.30. The van der Waals surface area contributed by atoms with Gasteiger partial charge < -0.3 is 0 Å². The van der Waals surface area contributed by atoms with Gasteiger partial charge in [0, 0.05) is 6.20 Å². The summed E-state index contributed by atoms with van der Waals surface area (Å²) >= 11 is 5.67. The molecule has 1 aromatic heterocycles. The predicted molar refractivity (Wildman–Crippen MR) is 50.1 cm³/mol. The highest BCUT2D eigenvalue weighted by atomic mass is 35.5. The first-order chi connectivity index (χ1) is 5.20. The summed E-state index contributed by atoms with van der Waals surface area (Å²) in [6.45, 7) is 7.94. The van der Waals surface area contributed by atoms with E-state index in [1.165, 1.54) is 0 Å². The van der Waals surface area contributed by atoms with Gasteiger partial charge in [-0.3, -0.25) is 0 Å². The molecule has 0 atom stereocenters. The maximum absolute atomic E-state index is 5.67. The summed E-state index contributed by atoms with van der Waals surface area (Å²) in [6, 6.07) is 2.01. The zero-order valence-corrected chi connectivity index (χ0v) is 8.24. The Labute approximate surface area is 73.4 Å². The molecule has 62 valence electrons.